The van der Waals surface area contributed by atoms with Gasteiger partial charge in [0.15, 0.2) is 0 Å². The molecule has 2 heterocycles. The summed E-state index contributed by atoms with van der Waals surface area (Å²) in [6.45, 7) is 2.43. The van der Waals surface area contributed by atoms with Gasteiger partial charge < -0.3 is 4.74 Å². The molecule has 0 radical (unpaired) electrons. The van der Waals surface area contributed by atoms with E-state index in [4.69, 9.17) is 4.74 Å². The van der Waals surface area contributed by atoms with E-state index in [1.165, 1.54) is 0 Å². The van der Waals surface area contributed by atoms with Crippen LogP contribution in [0.15, 0.2) is 29.0 Å². The lowest BCUT2D eigenvalue weighted by atomic mass is 10.4. The molecule has 0 saturated carbocycles. The van der Waals surface area contributed by atoms with Crippen molar-refractivity contribution in [3.63, 3.8) is 0 Å². The van der Waals surface area contributed by atoms with Gasteiger partial charge in [0, 0.05) is 13.2 Å². The lowest BCUT2D eigenvalue weighted by molar-refractivity contribution is 0.293. The smallest absolute Gasteiger partial charge is 0.138 e. The fourth-order valence-electron chi connectivity index (χ4n) is 1.42. The van der Waals surface area contributed by atoms with Gasteiger partial charge in [0.05, 0.1) is 22.1 Å². The standard InChI is InChI=1S/C11H12BrN3O/c1-8-11(12)10(15(2)14-8)7-16-9-4-3-5-13-6-9/h3-6H,7H2,1-2H3. The van der Waals surface area contributed by atoms with Crippen LogP contribution in [0.4, 0.5) is 0 Å². The van der Waals surface area contributed by atoms with Crippen LogP contribution in [0.1, 0.15) is 11.4 Å². The number of aryl methyl sites for hydroxylation is 2. The largest absolute Gasteiger partial charge is 0.486 e. The number of rotatable bonds is 3. The fourth-order valence-corrected chi connectivity index (χ4v) is 1.87. The summed E-state index contributed by atoms with van der Waals surface area (Å²) in [5, 5.41) is 4.30. The first kappa shape index (κ1) is 11.1. The Hall–Kier alpha value is -1.36. The maximum absolute atomic E-state index is 5.61. The van der Waals surface area contributed by atoms with Crippen molar-refractivity contribution in [3.8, 4) is 5.75 Å². The summed E-state index contributed by atoms with van der Waals surface area (Å²) in [4.78, 5) is 3.99. The van der Waals surface area contributed by atoms with Crippen molar-refractivity contribution < 1.29 is 4.74 Å². The van der Waals surface area contributed by atoms with Crippen molar-refractivity contribution in [2.75, 3.05) is 0 Å². The van der Waals surface area contributed by atoms with Gasteiger partial charge in [0.2, 0.25) is 0 Å². The normalized spacial score (nSPS) is 10.4. The van der Waals surface area contributed by atoms with E-state index in [1.807, 2.05) is 30.8 Å². The molecule has 0 aliphatic carbocycles. The zero-order valence-electron chi connectivity index (χ0n) is 9.14. The van der Waals surface area contributed by atoms with Crippen LogP contribution in [0, 0.1) is 6.92 Å². The SMILES string of the molecule is Cc1nn(C)c(COc2cccnc2)c1Br. The minimum Gasteiger partial charge on any atom is -0.486 e. The molecule has 2 rings (SSSR count). The number of hydrogen-bond acceptors (Lipinski definition) is 3. The highest BCUT2D eigenvalue weighted by Crippen LogP contribution is 2.21. The predicted molar refractivity (Wildman–Crippen MR) is 64.2 cm³/mol. The topological polar surface area (TPSA) is 39.9 Å². The second kappa shape index (κ2) is 4.65. The van der Waals surface area contributed by atoms with Crippen molar-refractivity contribution in [1.82, 2.24) is 14.8 Å². The molecule has 2 aromatic rings. The van der Waals surface area contributed by atoms with E-state index >= 15 is 0 Å². The maximum Gasteiger partial charge on any atom is 0.138 e. The van der Waals surface area contributed by atoms with E-state index in [0.29, 0.717) is 6.61 Å². The molecular formula is C11H12BrN3O. The van der Waals surface area contributed by atoms with Crippen LogP contribution in [0.5, 0.6) is 5.75 Å². The Balaban J connectivity index is 2.11. The van der Waals surface area contributed by atoms with Crippen LogP contribution in [-0.4, -0.2) is 14.8 Å². The molecule has 0 unspecified atom stereocenters. The highest BCUT2D eigenvalue weighted by atomic mass is 79.9. The zero-order chi connectivity index (χ0) is 11.5. The summed E-state index contributed by atoms with van der Waals surface area (Å²) in [6.07, 6.45) is 3.41. The minimum absolute atomic E-state index is 0.476. The van der Waals surface area contributed by atoms with Gasteiger partial charge >= 0.3 is 0 Å². The lowest BCUT2D eigenvalue weighted by Crippen LogP contribution is -2.03. The molecule has 0 N–H and O–H groups in total. The van der Waals surface area contributed by atoms with E-state index in [1.54, 1.807) is 12.4 Å². The monoisotopic (exact) mass is 281 g/mol. The van der Waals surface area contributed by atoms with Gasteiger partial charge in [-0.1, -0.05) is 0 Å². The van der Waals surface area contributed by atoms with Gasteiger partial charge in [-0.3, -0.25) is 9.67 Å². The number of pyridine rings is 1. The summed E-state index contributed by atoms with van der Waals surface area (Å²) in [7, 11) is 1.90. The van der Waals surface area contributed by atoms with Crippen LogP contribution in [0.3, 0.4) is 0 Å². The van der Waals surface area contributed by atoms with Crippen LogP contribution in [-0.2, 0) is 13.7 Å². The lowest BCUT2D eigenvalue weighted by Gasteiger charge is -2.06. The average Bonchev–Trinajstić information content (AvgIpc) is 2.53. The second-order valence-corrected chi connectivity index (χ2v) is 4.24. The van der Waals surface area contributed by atoms with Gasteiger partial charge in [0.25, 0.3) is 0 Å². The van der Waals surface area contributed by atoms with Crippen LogP contribution < -0.4 is 4.74 Å². The van der Waals surface area contributed by atoms with E-state index in [0.717, 1.165) is 21.6 Å². The molecule has 0 aliphatic heterocycles. The summed E-state index contributed by atoms with van der Waals surface area (Å²) in [6, 6.07) is 3.73. The number of nitrogens with zero attached hydrogens (tertiary/aromatic N) is 3. The van der Waals surface area contributed by atoms with Crippen LogP contribution in [0.25, 0.3) is 0 Å². The van der Waals surface area contributed by atoms with Gasteiger partial charge in [-0.15, -0.1) is 0 Å². The van der Waals surface area contributed by atoms with Gasteiger partial charge in [0.1, 0.15) is 12.4 Å². The molecule has 0 aromatic carbocycles. The number of ether oxygens (including phenoxy) is 1. The first-order chi connectivity index (χ1) is 7.68. The van der Waals surface area contributed by atoms with Crippen molar-refractivity contribution in [2.24, 2.45) is 7.05 Å². The number of hydrogen-bond donors (Lipinski definition) is 0. The Bertz CT molecular complexity index is 481. The highest BCUT2D eigenvalue weighted by Gasteiger charge is 2.10. The van der Waals surface area contributed by atoms with E-state index in [-0.39, 0.29) is 0 Å². The van der Waals surface area contributed by atoms with E-state index in [9.17, 15) is 0 Å². The molecular weight excluding hydrogens is 270 g/mol. The van der Waals surface area contributed by atoms with Crippen LogP contribution >= 0.6 is 15.9 Å². The predicted octanol–water partition coefficient (Wildman–Crippen LogP) is 2.47. The minimum atomic E-state index is 0.476. The Morgan fingerprint density at radius 1 is 1.50 bits per heavy atom. The van der Waals surface area contributed by atoms with Crippen molar-refractivity contribution in [1.29, 1.82) is 0 Å². The first-order valence-corrected chi connectivity index (χ1v) is 5.68. The van der Waals surface area contributed by atoms with E-state index < -0.39 is 0 Å². The van der Waals surface area contributed by atoms with Crippen molar-refractivity contribution >= 4 is 15.9 Å². The summed E-state index contributed by atoms with van der Waals surface area (Å²) in [5.41, 5.74) is 1.98. The average molecular weight is 282 g/mol. The molecule has 0 amide bonds. The Labute approximate surface area is 102 Å². The molecule has 0 fully saturated rings. The molecule has 0 atom stereocenters. The molecule has 16 heavy (non-hydrogen) atoms. The highest BCUT2D eigenvalue weighted by molar-refractivity contribution is 9.10. The molecule has 0 aliphatic rings. The van der Waals surface area contributed by atoms with Crippen LogP contribution in [0.2, 0.25) is 0 Å². The molecule has 0 bridgehead atoms. The molecule has 84 valence electrons. The molecule has 5 heteroatoms. The molecule has 0 spiro atoms. The molecule has 4 nitrogen and oxygen atoms in total. The van der Waals surface area contributed by atoms with Gasteiger partial charge in [-0.05, 0) is 35.0 Å². The van der Waals surface area contributed by atoms with E-state index in [2.05, 4.69) is 26.0 Å². The maximum atomic E-state index is 5.61. The van der Waals surface area contributed by atoms with Crippen molar-refractivity contribution in [3.05, 3.63) is 40.4 Å². The Kier molecular flexibility index (Phi) is 3.24. The Morgan fingerprint density at radius 2 is 2.31 bits per heavy atom. The number of halogens is 1. The summed E-state index contributed by atoms with van der Waals surface area (Å²) < 4.78 is 8.43. The quantitative estimate of drug-likeness (QED) is 0.868. The van der Waals surface area contributed by atoms with Gasteiger partial charge in [-0.25, -0.2) is 0 Å². The first-order valence-electron chi connectivity index (χ1n) is 4.89. The third kappa shape index (κ3) is 2.24. The zero-order valence-corrected chi connectivity index (χ0v) is 10.7. The second-order valence-electron chi connectivity index (χ2n) is 3.45. The summed E-state index contributed by atoms with van der Waals surface area (Å²) >= 11 is 3.50. The fraction of sp³-hybridized carbons (Fsp3) is 0.273. The third-order valence-corrected chi connectivity index (χ3v) is 3.30. The summed E-state index contributed by atoms with van der Waals surface area (Å²) in [5.74, 6) is 0.758. The number of aromatic nitrogens is 3. The molecule has 0 saturated heterocycles. The Morgan fingerprint density at radius 3 is 2.88 bits per heavy atom. The van der Waals surface area contributed by atoms with Crippen molar-refractivity contribution in [2.45, 2.75) is 13.5 Å². The van der Waals surface area contributed by atoms with Gasteiger partial charge in [-0.2, -0.15) is 5.10 Å². The molecule has 2 aromatic heterocycles. The third-order valence-electron chi connectivity index (χ3n) is 2.27.